The second kappa shape index (κ2) is 8.54. The Morgan fingerprint density at radius 3 is 2.11 bits per heavy atom. The first-order valence-corrected chi connectivity index (χ1v) is 8.07. The van der Waals surface area contributed by atoms with Crippen LogP contribution in [0.3, 0.4) is 0 Å². The zero-order chi connectivity index (χ0) is 13.3. The molecular formula is C15H29N3O. The minimum Gasteiger partial charge on any atom is -0.342 e. The lowest BCUT2D eigenvalue weighted by Crippen LogP contribution is -2.41. The fraction of sp³-hybridized carbons (Fsp3) is 0.933. The van der Waals surface area contributed by atoms with Crippen LogP contribution in [0.25, 0.3) is 0 Å². The van der Waals surface area contributed by atoms with Crippen molar-refractivity contribution in [2.24, 2.45) is 0 Å². The second-order valence-electron chi connectivity index (χ2n) is 5.87. The number of piperidine rings is 1. The highest BCUT2D eigenvalue weighted by Crippen LogP contribution is 2.09. The van der Waals surface area contributed by atoms with Crippen molar-refractivity contribution in [3.8, 4) is 0 Å². The summed E-state index contributed by atoms with van der Waals surface area (Å²) in [6.07, 6.45) is 8.99. The average Bonchev–Trinajstić information content (AvgIpc) is 2.73. The number of carbonyl (C=O) groups excluding carboxylic acids is 1. The molecule has 0 aromatic heterocycles. The van der Waals surface area contributed by atoms with Crippen LogP contribution in [0.2, 0.25) is 0 Å². The van der Waals surface area contributed by atoms with Crippen molar-refractivity contribution < 1.29 is 4.79 Å². The van der Waals surface area contributed by atoms with Crippen molar-refractivity contribution in [2.45, 2.75) is 44.9 Å². The Labute approximate surface area is 117 Å². The smallest absolute Gasteiger partial charge is 0.236 e. The third-order valence-electron chi connectivity index (χ3n) is 4.29. The van der Waals surface area contributed by atoms with Gasteiger partial charge in [0, 0.05) is 26.2 Å². The maximum atomic E-state index is 12.1. The summed E-state index contributed by atoms with van der Waals surface area (Å²) < 4.78 is 0. The summed E-state index contributed by atoms with van der Waals surface area (Å²) in [6, 6.07) is 0. The maximum Gasteiger partial charge on any atom is 0.236 e. The molecule has 0 spiro atoms. The number of nitrogens with one attached hydrogen (secondary N) is 1. The lowest BCUT2D eigenvalue weighted by Gasteiger charge is -2.26. The molecule has 2 aliphatic heterocycles. The van der Waals surface area contributed by atoms with Crippen LogP contribution >= 0.6 is 0 Å². The van der Waals surface area contributed by atoms with E-state index >= 15 is 0 Å². The molecule has 0 atom stereocenters. The topological polar surface area (TPSA) is 35.6 Å². The van der Waals surface area contributed by atoms with Crippen molar-refractivity contribution in [3.63, 3.8) is 0 Å². The highest BCUT2D eigenvalue weighted by Gasteiger charge is 2.15. The molecule has 2 aliphatic rings. The van der Waals surface area contributed by atoms with Gasteiger partial charge in [0.25, 0.3) is 0 Å². The highest BCUT2D eigenvalue weighted by molar-refractivity contribution is 5.78. The van der Waals surface area contributed by atoms with Crippen molar-refractivity contribution in [3.05, 3.63) is 0 Å². The van der Waals surface area contributed by atoms with Gasteiger partial charge in [-0.1, -0.05) is 19.3 Å². The number of rotatable bonds is 5. The van der Waals surface area contributed by atoms with Crippen molar-refractivity contribution in [1.29, 1.82) is 0 Å². The predicted octanol–water partition coefficient (Wildman–Crippen LogP) is 1.46. The molecule has 0 aliphatic carbocycles. The molecule has 2 saturated heterocycles. The van der Waals surface area contributed by atoms with Gasteiger partial charge in [-0.05, 0) is 38.8 Å². The number of likely N-dealkylation sites (tertiary alicyclic amines) is 2. The molecule has 110 valence electrons. The molecule has 4 heteroatoms. The number of carbonyl (C=O) groups is 1. The first-order chi connectivity index (χ1) is 9.36. The van der Waals surface area contributed by atoms with E-state index in [9.17, 15) is 4.79 Å². The van der Waals surface area contributed by atoms with Gasteiger partial charge in [-0.3, -0.25) is 4.79 Å². The molecule has 0 radical (unpaired) electrons. The first-order valence-electron chi connectivity index (χ1n) is 8.07. The number of hydrogen-bond donors (Lipinski definition) is 1. The molecule has 0 bridgehead atoms. The van der Waals surface area contributed by atoms with Crippen LogP contribution in [0, 0.1) is 0 Å². The third-order valence-corrected chi connectivity index (χ3v) is 4.29. The van der Waals surface area contributed by atoms with E-state index in [0.717, 1.165) is 26.2 Å². The Bertz CT molecular complexity index is 256. The molecule has 2 heterocycles. The van der Waals surface area contributed by atoms with Crippen molar-refractivity contribution in [1.82, 2.24) is 15.1 Å². The lowest BCUT2D eigenvalue weighted by atomic mass is 10.1. The minimum absolute atomic E-state index is 0.292. The fourth-order valence-corrected chi connectivity index (χ4v) is 3.05. The molecular weight excluding hydrogens is 238 g/mol. The number of amides is 1. The lowest BCUT2D eigenvalue weighted by molar-refractivity contribution is -0.130. The zero-order valence-corrected chi connectivity index (χ0v) is 12.2. The minimum atomic E-state index is 0.292. The van der Waals surface area contributed by atoms with E-state index in [1.54, 1.807) is 0 Å². The van der Waals surface area contributed by atoms with Crippen LogP contribution in [-0.2, 0) is 4.79 Å². The molecule has 2 fully saturated rings. The standard InChI is InChI=1S/C15H29N3O/c19-15(18-11-6-1-2-7-12-18)14-16-8-13-17-9-4-3-5-10-17/h16H,1-14H2. The maximum absolute atomic E-state index is 12.1. The van der Waals surface area contributed by atoms with E-state index in [-0.39, 0.29) is 0 Å². The molecule has 1 N–H and O–H groups in total. The van der Waals surface area contributed by atoms with Gasteiger partial charge in [0.05, 0.1) is 6.54 Å². The number of nitrogens with zero attached hydrogens (tertiary/aromatic N) is 2. The summed E-state index contributed by atoms with van der Waals surface area (Å²) in [4.78, 5) is 16.6. The Kier molecular flexibility index (Phi) is 6.65. The first kappa shape index (κ1) is 14.8. The van der Waals surface area contributed by atoms with E-state index in [0.29, 0.717) is 12.5 Å². The highest BCUT2D eigenvalue weighted by atomic mass is 16.2. The monoisotopic (exact) mass is 267 g/mol. The zero-order valence-electron chi connectivity index (χ0n) is 12.2. The summed E-state index contributed by atoms with van der Waals surface area (Å²) in [5.41, 5.74) is 0. The predicted molar refractivity (Wildman–Crippen MR) is 78.2 cm³/mol. The Hall–Kier alpha value is -0.610. The van der Waals surface area contributed by atoms with Gasteiger partial charge in [0.15, 0.2) is 0 Å². The summed E-state index contributed by atoms with van der Waals surface area (Å²) >= 11 is 0. The van der Waals surface area contributed by atoms with Gasteiger partial charge in [0.1, 0.15) is 0 Å². The van der Waals surface area contributed by atoms with E-state index in [1.807, 2.05) is 4.90 Å². The summed E-state index contributed by atoms with van der Waals surface area (Å²) in [7, 11) is 0. The van der Waals surface area contributed by atoms with Crippen molar-refractivity contribution >= 4 is 5.91 Å². The van der Waals surface area contributed by atoms with Gasteiger partial charge in [-0.15, -0.1) is 0 Å². The van der Waals surface area contributed by atoms with E-state index in [4.69, 9.17) is 0 Å². The molecule has 0 unspecified atom stereocenters. The average molecular weight is 267 g/mol. The molecule has 1 amide bonds. The molecule has 0 saturated carbocycles. The van der Waals surface area contributed by atoms with Crippen LogP contribution in [0.15, 0.2) is 0 Å². The van der Waals surface area contributed by atoms with Gasteiger partial charge < -0.3 is 15.1 Å². The Balaban J connectivity index is 1.55. The van der Waals surface area contributed by atoms with Crippen LogP contribution < -0.4 is 5.32 Å². The largest absolute Gasteiger partial charge is 0.342 e. The van der Waals surface area contributed by atoms with Crippen LogP contribution in [0.1, 0.15) is 44.9 Å². The van der Waals surface area contributed by atoms with Crippen LogP contribution in [-0.4, -0.2) is 61.5 Å². The summed E-state index contributed by atoms with van der Waals surface area (Å²) in [5, 5.41) is 3.32. The van der Waals surface area contributed by atoms with Crippen molar-refractivity contribution in [2.75, 3.05) is 45.8 Å². The van der Waals surface area contributed by atoms with Crippen LogP contribution in [0.5, 0.6) is 0 Å². The third kappa shape index (κ3) is 5.49. The Morgan fingerprint density at radius 2 is 1.42 bits per heavy atom. The van der Waals surface area contributed by atoms with Crippen LogP contribution in [0.4, 0.5) is 0 Å². The fourth-order valence-electron chi connectivity index (χ4n) is 3.05. The summed E-state index contributed by atoms with van der Waals surface area (Å²) in [5.74, 6) is 0.292. The molecule has 19 heavy (non-hydrogen) atoms. The number of hydrogen-bond acceptors (Lipinski definition) is 3. The molecule has 0 aromatic carbocycles. The summed E-state index contributed by atoms with van der Waals surface area (Å²) in [6.45, 7) is 6.96. The second-order valence-corrected chi connectivity index (χ2v) is 5.87. The van der Waals surface area contributed by atoms with E-state index in [1.165, 1.54) is 58.0 Å². The quantitative estimate of drug-likeness (QED) is 0.766. The van der Waals surface area contributed by atoms with Gasteiger partial charge >= 0.3 is 0 Å². The molecule has 2 rings (SSSR count). The van der Waals surface area contributed by atoms with E-state index in [2.05, 4.69) is 10.2 Å². The van der Waals surface area contributed by atoms with Gasteiger partial charge in [0.2, 0.25) is 5.91 Å². The Morgan fingerprint density at radius 1 is 0.842 bits per heavy atom. The molecule has 0 aromatic rings. The SMILES string of the molecule is O=C(CNCCN1CCCCC1)N1CCCCCC1. The van der Waals surface area contributed by atoms with E-state index < -0.39 is 0 Å². The normalized spacial score (nSPS) is 22.2. The van der Waals surface area contributed by atoms with Gasteiger partial charge in [-0.2, -0.15) is 0 Å². The molecule has 4 nitrogen and oxygen atoms in total. The van der Waals surface area contributed by atoms with Gasteiger partial charge in [-0.25, -0.2) is 0 Å².